The first-order valence-electron chi connectivity index (χ1n) is 22.5. The summed E-state index contributed by atoms with van der Waals surface area (Å²) in [4.78, 5) is 0. The Hall–Kier alpha value is -3.34. The molecular formula is C50H59BN4. The van der Waals surface area contributed by atoms with E-state index in [1.54, 1.807) is 44.0 Å². The van der Waals surface area contributed by atoms with Gasteiger partial charge in [0.25, 0.3) is 6.71 Å². The van der Waals surface area contributed by atoms with Crippen LogP contribution in [-0.2, 0) is 16.2 Å². The number of nitrogens with zero attached hydrogens (tertiary/aromatic N) is 4. The van der Waals surface area contributed by atoms with E-state index in [0.29, 0.717) is 23.7 Å². The Morgan fingerprint density at radius 2 is 0.873 bits per heavy atom. The van der Waals surface area contributed by atoms with E-state index in [1.807, 2.05) is 0 Å². The van der Waals surface area contributed by atoms with Gasteiger partial charge < -0.3 is 0 Å². The third kappa shape index (κ3) is 4.12. The third-order valence-corrected chi connectivity index (χ3v) is 16.9. The van der Waals surface area contributed by atoms with Gasteiger partial charge in [0.05, 0.1) is 33.8 Å². The Morgan fingerprint density at radius 1 is 0.491 bits per heavy atom. The lowest BCUT2D eigenvalue weighted by atomic mass is 9.33. The van der Waals surface area contributed by atoms with Gasteiger partial charge in [-0.2, -0.15) is 10.2 Å². The van der Waals surface area contributed by atoms with Gasteiger partial charge >= 0.3 is 0 Å². The van der Waals surface area contributed by atoms with E-state index in [-0.39, 0.29) is 23.0 Å². The number of hydrogen-bond donors (Lipinski definition) is 0. The van der Waals surface area contributed by atoms with Gasteiger partial charge in [0, 0.05) is 21.6 Å². The molecule has 0 N–H and O–H groups in total. The highest BCUT2D eigenvalue weighted by molar-refractivity contribution is 7.00. The lowest BCUT2D eigenvalue weighted by Gasteiger charge is -2.38. The summed E-state index contributed by atoms with van der Waals surface area (Å²) in [6.45, 7) is 21.9. The fraction of sp³-hybridized carbons (Fsp3) is 0.600. The van der Waals surface area contributed by atoms with Gasteiger partial charge in [-0.05, 0) is 173 Å². The molecule has 4 nitrogen and oxygen atoms in total. The van der Waals surface area contributed by atoms with Crippen LogP contribution in [0, 0.1) is 23.7 Å². The van der Waals surface area contributed by atoms with E-state index in [9.17, 15) is 0 Å². The predicted molar refractivity (Wildman–Crippen MR) is 228 cm³/mol. The zero-order valence-electron chi connectivity index (χ0n) is 34.9. The minimum absolute atomic E-state index is 0.0163. The Bertz CT molecular complexity index is 2380. The standard InChI is InChI=1S/C50H59BN4/c1-48(2,3)32-20-37-43-38(21-32)55-45-36(23-34-29-14-26-11-27(15-29)19-31(18-26)40(34)42(45)47(53-55)50(7,8)9)51(43)35-22-33-28-12-24-10-25(13-28)17-30(16-24)39(33)41-44(35)54(37)52-46(41)49(4,5)6/h20-31H,10-19H2,1-9H3. The van der Waals surface area contributed by atoms with Crippen LogP contribution < -0.4 is 16.4 Å². The van der Waals surface area contributed by atoms with Crippen LogP contribution in [0.2, 0.25) is 0 Å². The van der Waals surface area contributed by atoms with Gasteiger partial charge in [-0.25, -0.2) is 9.36 Å². The topological polar surface area (TPSA) is 35.6 Å². The lowest BCUT2D eigenvalue weighted by Crippen LogP contribution is -2.60. The SMILES string of the molecule is CC(C)(C)c1cc2c3c(c1)-n1nc(C(C)(C)C)c4c5c(cc(c41)B3c1cc3c(c4c(C(C)(C)C)nn-2c14)C1CC2CC(CC3C2)C1)C1CC2CC(C1)CC5C2. The first-order chi connectivity index (χ1) is 26.1. The molecule has 0 amide bonds. The van der Waals surface area contributed by atoms with Crippen LogP contribution in [-0.4, -0.2) is 26.3 Å². The van der Waals surface area contributed by atoms with Crippen LogP contribution in [0.1, 0.15) is 189 Å². The monoisotopic (exact) mass is 726 g/mol. The number of aromatic nitrogens is 4. The molecule has 3 aromatic carbocycles. The van der Waals surface area contributed by atoms with Crippen LogP contribution >= 0.6 is 0 Å². The van der Waals surface area contributed by atoms with Crippen molar-refractivity contribution in [3.63, 3.8) is 0 Å². The highest BCUT2D eigenvalue weighted by Crippen LogP contribution is 2.60. The third-order valence-electron chi connectivity index (χ3n) is 16.9. The number of rotatable bonds is 0. The summed E-state index contributed by atoms with van der Waals surface area (Å²) < 4.78 is 4.96. The van der Waals surface area contributed by atoms with Gasteiger partial charge in [0.2, 0.25) is 0 Å². The molecular weight excluding hydrogens is 667 g/mol. The van der Waals surface area contributed by atoms with Gasteiger partial charge in [-0.3, -0.25) is 0 Å². The first kappa shape index (κ1) is 32.7. The fourth-order valence-electron chi connectivity index (χ4n) is 15.1. The van der Waals surface area contributed by atoms with E-state index < -0.39 is 0 Å². The van der Waals surface area contributed by atoms with Crippen LogP contribution in [0.15, 0.2) is 24.3 Å². The smallest absolute Gasteiger partial charge is 0.234 e. The predicted octanol–water partition coefficient (Wildman–Crippen LogP) is 10.2. The summed E-state index contributed by atoms with van der Waals surface area (Å²) in [5.41, 5.74) is 20.8. The van der Waals surface area contributed by atoms with E-state index in [0.717, 1.165) is 23.7 Å². The van der Waals surface area contributed by atoms with E-state index in [1.165, 1.54) is 109 Å². The van der Waals surface area contributed by atoms with Crippen LogP contribution in [0.4, 0.5) is 0 Å². The summed E-state index contributed by atoms with van der Waals surface area (Å²) in [5.74, 6) is 6.27. The maximum absolute atomic E-state index is 5.85. The maximum Gasteiger partial charge on any atom is 0.252 e. The average molecular weight is 727 g/mol. The van der Waals surface area contributed by atoms with Crippen LogP contribution in [0.25, 0.3) is 33.2 Å². The average Bonchev–Trinajstić information content (AvgIpc) is 3.61. The highest BCUT2D eigenvalue weighted by atomic mass is 15.3. The normalized spacial score (nSPS) is 30.6. The summed E-state index contributed by atoms with van der Waals surface area (Å²) >= 11 is 0. The minimum Gasteiger partial charge on any atom is -0.234 e. The number of hydrogen-bond acceptors (Lipinski definition) is 2. The lowest BCUT2D eigenvalue weighted by molar-refractivity contribution is 0.166. The second-order valence-electron chi connectivity index (χ2n) is 23.6. The molecule has 10 aliphatic rings. The summed E-state index contributed by atoms with van der Waals surface area (Å²) in [5, 5.41) is 14.8. The van der Waals surface area contributed by atoms with Crippen molar-refractivity contribution in [3.8, 4) is 11.4 Å². The van der Waals surface area contributed by atoms with Crippen molar-refractivity contribution in [2.24, 2.45) is 23.7 Å². The van der Waals surface area contributed by atoms with Gasteiger partial charge in [-0.1, -0.05) is 74.4 Å². The zero-order valence-corrected chi connectivity index (χ0v) is 34.9. The number of benzene rings is 3. The molecule has 4 atom stereocenters. The Labute approximate surface area is 328 Å². The molecule has 2 aliphatic heterocycles. The molecule has 4 fully saturated rings. The zero-order chi connectivity index (χ0) is 37.4. The minimum atomic E-state index is -0.0615. The molecule has 5 heteroatoms. The van der Waals surface area contributed by atoms with Gasteiger partial charge in [-0.15, -0.1) is 0 Å². The molecule has 0 saturated heterocycles. The molecule has 0 radical (unpaired) electrons. The quantitative estimate of drug-likeness (QED) is 0.146. The largest absolute Gasteiger partial charge is 0.252 e. The van der Waals surface area contributed by atoms with Crippen LogP contribution in [0.3, 0.4) is 0 Å². The molecule has 5 aromatic rings. The van der Waals surface area contributed by atoms with Crippen LogP contribution in [0.5, 0.6) is 0 Å². The van der Waals surface area contributed by atoms with E-state index >= 15 is 0 Å². The molecule has 8 bridgehead atoms. The fourth-order valence-corrected chi connectivity index (χ4v) is 15.1. The second kappa shape index (κ2) is 10.0. The Balaban J connectivity index is 1.21. The van der Waals surface area contributed by atoms with Crippen molar-refractivity contribution in [3.05, 3.63) is 63.5 Å². The Morgan fingerprint density at radius 3 is 1.24 bits per heavy atom. The second-order valence-corrected chi connectivity index (χ2v) is 23.6. The van der Waals surface area contributed by atoms with Crippen molar-refractivity contribution in [2.45, 2.75) is 166 Å². The molecule has 8 aliphatic carbocycles. The molecule has 282 valence electrons. The van der Waals surface area contributed by atoms with Crippen molar-refractivity contribution in [2.75, 3.05) is 0 Å². The molecule has 2 aromatic heterocycles. The van der Waals surface area contributed by atoms with Gasteiger partial charge in [0.1, 0.15) is 0 Å². The number of fused-ring (bicyclic) bond motifs is 4. The van der Waals surface area contributed by atoms with E-state index in [2.05, 4.69) is 95.9 Å². The Kier molecular flexibility index (Phi) is 5.96. The van der Waals surface area contributed by atoms with Crippen molar-refractivity contribution in [1.29, 1.82) is 0 Å². The summed E-state index contributed by atoms with van der Waals surface area (Å²) in [6.07, 6.45) is 14.0. The van der Waals surface area contributed by atoms with Crippen molar-refractivity contribution >= 4 is 44.9 Å². The molecule has 4 unspecified atom stereocenters. The highest BCUT2D eigenvalue weighted by Gasteiger charge is 2.51. The van der Waals surface area contributed by atoms with Crippen molar-refractivity contribution < 1.29 is 0 Å². The van der Waals surface area contributed by atoms with Crippen molar-refractivity contribution in [1.82, 2.24) is 19.6 Å². The molecule has 4 heterocycles. The summed E-state index contributed by atoms with van der Waals surface area (Å²) in [7, 11) is 0. The summed E-state index contributed by atoms with van der Waals surface area (Å²) in [6, 6.07) is 10.7. The van der Waals surface area contributed by atoms with Gasteiger partial charge in [0.15, 0.2) is 0 Å². The first-order valence-corrected chi connectivity index (χ1v) is 22.5. The molecule has 4 saturated carbocycles. The molecule has 55 heavy (non-hydrogen) atoms. The molecule has 0 spiro atoms. The van der Waals surface area contributed by atoms with E-state index in [4.69, 9.17) is 10.2 Å². The molecule has 15 rings (SSSR count). The maximum atomic E-state index is 5.85.